The highest BCUT2D eigenvalue weighted by atomic mass is 35.5. The minimum atomic E-state index is 0. The molecule has 4 aromatic carbocycles. The Kier molecular flexibility index (Phi) is 18.7. The highest BCUT2D eigenvalue weighted by Crippen LogP contribution is 2.36. The van der Waals surface area contributed by atoms with Gasteiger partial charge in [-0.15, -0.1) is 25.3 Å². The first kappa shape index (κ1) is 45.3. The smallest absolute Gasteiger partial charge is 0.163 e. The number of hydrogen-bond acceptors (Lipinski definition) is 14. The van der Waals surface area contributed by atoms with Crippen LogP contribution in [0.2, 0.25) is 0 Å². The van der Waals surface area contributed by atoms with Gasteiger partial charge in [-0.25, -0.2) is 19.9 Å². The van der Waals surface area contributed by atoms with Gasteiger partial charge >= 0.3 is 0 Å². The Balaban J connectivity index is 0.000000256. The topological polar surface area (TPSA) is 149 Å². The average Bonchev–Trinajstić information content (AvgIpc) is 3.25. The van der Waals surface area contributed by atoms with Crippen LogP contribution in [0.25, 0.3) is 21.8 Å². The number of nitrogens with zero attached hydrogens (tertiary/aromatic N) is 4. The summed E-state index contributed by atoms with van der Waals surface area (Å²) >= 11 is 0. The van der Waals surface area contributed by atoms with Crippen molar-refractivity contribution in [3.05, 3.63) is 96.6 Å². The van der Waals surface area contributed by atoms with Crippen LogP contribution < -0.4 is 29.6 Å². The van der Waals surface area contributed by atoms with E-state index in [4.69, 9.17) is 50.7 Å². The third-order valence-corrected chi connectivity index (χ3v) is 8.19. The Hall–Kier alpha value is -6.39. The van der Waals surface area contributed by atoms with Gasteiger partial charge in [-0.1, -0.05) is 17.9 Å². The fraction of sp³-hybridized carbons (Fsp3) is 0.273. The van der Waals surface area contributed by atoms with Crippen LogP contribution in [0.3, 0.4) is 0 Å². The Morgan fingerprint density at radius 3 is 1.32 bits per heavy atom. The second kappa shape index (κ2) is 24.4. The zero-order valence-electron chi connectivity index (χ0n) is 33.4. The molecule has 0 saturated heterocycles. The zero-order valence-corrected chi connectivity index (χ0v) is 34.2. The molecule has 0 spiro atoms. The van der Waals surface area contributed by atoms with Crippen molar-refractivity contribution in [3.63, 3.8) is 0 Å². The fourth-order valence-corrected chi connectivity index (χ4v) is 5.33. The second-order valence-corrected chi connectivity index (χ2v) is 12.1. The Labute approximate surface area is 350 Å². The molecule has 2 heterocycles. The maximum Gasteiger partial charge on any atom is 0.163 e. The first-order chi connectivity index (χ1) is 28.5. The average molecular weight is 823 g/mol. The van der Waals surface area contributed by atoms with Crippen molar-refractivity contribution in [1.29, 1.82) is 0 Å². The van der Waals surface area contributed by atoms with Gasteiger partial charge in [0.2, 0.25) is 0 Å². The van der Waals surface area contributed by atoms with Crippen molar-refractivity contribution in [2.75, 3.05) is 91.9 Å². The maximum absolute atomic E-state index is 5.86. The van der Waals surface area contributed by atoms with Crippen LogP contribution in [0.5, 0.6) is 23.0 Å². The number of methoxy groups -OCH3 is 4. The number of anilines is 4. The molecule has 2 aromatic heterocycles. The van der Waals surface area contributed by atoms with Gasteiger partial charge in [0.25, 0.3) is 0 Å². The van der Waals surface area contributed by atoms with E-state index in [2.05, 4.69) is 42.4 Å². The monoisotopic (exact) mass is 822 g/mol. The largest absolute Gasteiger partial charge is 0.487 e. The van der Waals surface area contributed by atoms with Crippen LogP contribution in [0.15, 0.2) is 85.5 Å². The van der Waals surface area contributed by atoms with Crippen molar-refractivity contribution in [1.82, 2.24) is 19.9 Å². The third kappa shape index (κ3) is 13.3. The molecular formula is C44H47ClN6O8. The van der Waals surface area contributed by atoms with Crippen LogP contribution in [0.1, 0.15) is 11.1 Å². The van der Waals surface area contributed by atoms with E-state index in [0.717, 1.165) is 44.3 Å². The first-order valence-corrected chi connectivity index (χ1v) is 18.2. The number of terminal acetylenes is 2. The van der Waals surface area contributed by atoms with Crippen LogP contribution in [-0.4, -0.2) is 101 Å². The molecule has 0 bridgehead atoms. The Morgan fingerprint density at radius 2 is 0.898 bits per heavy atom. The van der Waals surface area contributed by atoms with E-state index in [-0.39, 0.29) is 12.4 Å². The number of aromatic nitrogens is 4. The molecule has 0 aliphatic rings. The predicted molar refractivity (Wildman–Crippen MR) is 231 cm³/mol. The molecule has 15 heteroatoms. The van der Waals surface area contributed by atoms with E-state index < -0.39 is 0 Å². The van der Waals surface area contributed by atoms with Gasteiger partial charge in [0.05, 0.1) is 37.5 Å². The molecule has 308 valence electrons. The lowest BCUT2D eigenvalue weighted by Crippen LogP contribution is -2.09. The molecule has 0 fully saturated rings. The maximum atomic E-state index is 5.86. The lowest BCUT2D eigenvalue weighted by Gasteiger charge is -2.15. The van der Waals surface area contributed by atoms with Gasteiger partial charge in [0.15, 0.2) is 23.0 Å². The van der Waals surface area contributed by atoms with Gasteiger partial charge in [-0.2, -0.15) is 0 Å². The van der Waals surface area contributed by atoms with Crippen LogP contribution >= 0.6 is 12.4 Å². The lowest BCUT2D eigenvalue weighted by atomic mass is 10.2. The third-order valence-electron chi connectivity index (χ3n) is 8.19. The summed E-state index contributed by atoms with van der Waals surface area (Å²) in [4.78, 5) is 17.5. The predicted octanol–water partition coefficient (Wildman–Crippen LogP) is 7.23. The van der Waals surface area contributed by atoms with E-state index in [1.54, 1.807) is 28.4 Å². The summed E-state index contributed by atoms with van der Waals surface area (Å²) in [7, 11) is 6.50. The van der Waals surface area contributed by atoms with Crippen molar-refractivity contribution in [2.45, 2.75) is 0 Å². The van der Waals surface area contributed by atoms with Gasteiger partial charge in [-0.3, -0.25) is 0 Å². The van der Waals surface area contributed by atoms with E-state index in [0.29, 0.717) is 87.5 Å². The summed E-state index contributed by atoms with van der Waals surface area (Å²) in [6, 6.07) is 22.5. The summed E-state index contributed by atoms with van der Waals surface area (Å²) in [6.45, 7) is 3.46. The Morgan fingerprint density at radius 1 is 0.475 bits per heavy atom. The molecule has 59 heavy (non-hydrogen) atoms. The molecular weight excluding hydrogens is 776 g/mol. The van der Waals surface area contributed by atoms with Gasteiger partial charge < -0.3 is 48.5 Å². The number of halogens is 1. The number of ether oxygens (including phenoxy) is 8. The van der Waals surface area contributed by atoms with Crippen LogP contribution in [0.4, 0.5) is 23.0 Å². The summed E-state index contributed by atoms with van der Waals surface area (Å²) in [5.41, 5.74) is 4.76. The van der Waals surface area contributed by atoms with E-state index in [1.807, 2.05) is 72.8 Å². The molecule has 0 aliphatic heterocycles. The lowest BCUT2D eigenvalue weighted by molar-refractivity contribution is 0.132. The molecule has 0 saturated carbocycles. The van der Waals surface area contributed by atoms with Crippen molar-refractivity contribution in [2.24, 2.45) is 0 Å². The Bertz CT molecular complexity index is 2320. The molecule has 6 aromatic rings. The molecule has 2 N–H and O–H groups in total. The fourth-order valence-electron chi connectivity index (χ4n) is 5.33. The standard InChI is InChI=1S/2C22H23N3O4.ClH/c1-4-16-5-7-17(8-6-16)25-22-18-13-20(28-11-9-26-2)21(29-12-10-27-3)14-19(18)23-15-24-22;1-4-16-6-5-7-17(12-16)25-22-18-13-20(28-10-8-26-2)21(29-11-9-27-3)14-19(18)23-15-24-22;/h1,5-8,13-15H,9-12H2,2-3H3,(H,23,24,25);1,5-7,12-15H,8-11H2,2-3H3,(H,23,24,25);1H. The summed E-state index contributed by atoms with van der Waals surface area (Å²) in [6.07, 6.45) is 13.9. The highest BCUT2D eigenvalue weighted by molar-refractivity contribution is 5.94. The molecule has 0 radical (unpaired) electrons. The second-order valence-electron chi connectivity index (χ2n) is 12.1. The molecule has 0 amide bonds. The van der Waals surface area contributed by atoms with E-state index >= 15 is 0 Å². The van der Waals surface area contributed by atoms with Crippen LogP contribution in [0, 0.1) is 24.7 Å². The van der Waals surface area contributed by atoms with Crippen molar-refractivity contribution >= 4 is 57.2 Å². The van der Waals surface area contributed by atoms with Gasteiger partial charge in [-0.05, 0) is 54.6 Å². The number of benzene rings is 4. The molecule has 6 rings (SSSR count). The first-order valence-electron chi connectivity index (χ1n) is 18.2. The zero-order chi connectivity index (χ0) is 41.0. The quantitative estimate of drug-likeness (QED) is 0.0589. The minimum absolute atomic E-state index is 0. The number of hydrogen-bond donors (Lipinski definition) is 2. The number of fused-ring (bicyclic) bond motifs is 2. The minimum Gasteiger partial charge on any atom is -0.487 e. The molecule has 14 nitrogen and oxygen atoms in total. The van der Waals surface area contributed by atoms with Gasteiger partial charge in [0, 0.05) is 73.8 Å². The molecule has 0 aliphatic carbocycles. The molecule has 0 atom stereocenters. The highest BCUT2D eigenvalue weighted by Gasteiger charge is 2.15. The van der Waals surface area contributed by atoms with Crippen molar-refractivity contribution in [3.8, 4) is 47.7 Å². The number of nitrogens with one attached hydrogen (secondary N) is 2. The van der Waals surface area contributed by atoms with Crippen molar-refractivity contribution < 1.29 is 37.9 Å². The summed E-state index contributed by atoms with van der Waals surface area (Å²) in [5, 5.41) is 8.21. The molecule has 0 unspecified atom stereocenters. The number of rotatable bonds is 20. The van der Waals surface area contributed by atoms with E-state index in [1.165, 1.54) is 12.7 Å². The normalized spacial score (nSPS) is 10.3. The summed E-state index contributed by atoms with van der Waals surface area (Å²) < 4.78 is 43.6. The summed E-state index contributed by atoms with van der Waals surface area (Å²) in [5.74, 6) is 8.88. The van der Waals surface area contributed by atoms with Crippen LogP contribution in [-0.2, 0) is 18.9 Å². The van der Waals surface area contributed by atoms with Gasteiger partial charge in [0.1, 0.15) is 50.7 Å². The SMILES string of the molecule is C#Cc1ccc(Nc2ncnc3cc(OCCOC)c(OCCOC)cc23)cc1.C#Cc1cccc(Nc2ncnc3cc(OCCOC)c(OCCOC)cc23)c1.Cl. The van der Waals surface area contributed by atoms with E-state index in [9.17, 15) is 0 Å².